The molecule has 3 rings (SSSR count). The van der Waals surface area contributed by atoms with Crippen LogP contribution in [-0.2, 0) is 0 Å². The van der Waals surface area contributed by atoms with Crippen molar-refractivity contribution < 1.29 is 0 Å². The standard InChI is InChI=1S/C25H34N6S/c1-9-18(12-11-16(3)32(8)31-25(5,6)7)23-26-17(4)20(10-2)24(28-23)27-22-15-21(29-30-22)19-13-14-19/h2,11-12,15,19,31H,8-9,13-14H2,1,3-7H3,(H2,26,27,28,29,30)/b16-11+,18-12+. The van der Waals surface area contributed by atoms with Crippen molar-refractivity contribution in [3.05, 3.63) is 45.9 Å². The Bertz CT molecular complexity index is 1110. The molecule has 3 N–H and O–H groups in total. The maximum Gasteiger partial charge on any atom is 0.157 e. The number of nitrogens with zero attached hydrogens (tertiary/aromatic N) is 3. The number of allylic oxidation sites excluding steroid dienone is 4. The Morgan fingerprint density at radius 1 is 1.34 bits per heavy atom. The number of H-pyrrole nitrogens is 1. The number of hydrogen-bond donors (Lipinski definition) is 3. The molecule has 6 nitrogen and oxygen atoms in total. The van der Waals surface area contributed by atoms with Gasteiger partial charge in [-0.05, 0) is 64.4 Å². The predicted octanol–water partition coefficient (Wildman–Crippen LogP) is 5.81. The Kier molecular flexibility index (Phi) is 7.37. The fourth-order valence-electron chi connectivity index (χ4n) is 3.21. The van der Waals surface area contributed by atoms with Crippen LogP contribution >= 0.6 is 10.7 Å². The van der Waals surface area contributed by atoms with Crippen molar-refractivity contribution in [2.45, 2.75) is 72.3 Å². The van der Waals surface area contributed by atoms with E-state index >= 15 is 0 Å². The summed E-state index contributed by atoms with van der Waals surface area (Å²) >= 11 is 0. The lowest BCUT2D eigenvalue weighted by Crippen LogP contribution is -2.31. The summed E-state index contributed by atoms with van der Waals surface area (Å²) < 4.78 is 3.52. The third-order valence-electron chi connectivity index (χ3n) is 5.10. The molecule has 7 heteroatoms. The van der Waals surface area contributed by atoms with Crippen molar-refractivity contribution in [3.63, 3.8) is 0 Å². The zero-order chi connectivity index (χ0) is 23.5. The first-order valence-electron chi connectivity index (χ1n) is 11.0. The van der Waals surface area contributed by atoms with Crippen molar-refractivity contribution in [1.82, 2.24) is 24.9 Å². The zero-order valence-electron chi connectivity index (χ0n) is 20.0. The van der Waals surface area contributed by atoms with Crippen molar-refractivity contribution in [3.8, 4) is 12.3 Å². The van der Waals surface area contributed by atoms with Crippen LogP contribution in [0, 0.1) is 19.3 Å². The lowest BCUT2D eigenvalue weighted by molar-refractivity contribution is 0.536. The average molecular weight is 451 g/mol. The largest absolute Gasteiger partial charge is 0.322 e. The van der Waals surface area contributed by atoms with Gasteiger partial charge in [-0.1, -0.05) is 30.9 Å². The minimum absolute atomic E-state index is 0.00868. The fourth-order valence-corrected chi connectivity index (χ4v) is 4.34. The van der Waals surface area contributed by atoms with Gasteiger partial charge in [-0.3, -0.25) is 9.82 Å². The maximum absolute atomic E-state index is 5.77. The Morgan fingerprint density at radius 2 is 2.06 bits per heavy atom. The van der Waals surface area contributed by atoms with Gasteiger partial charge < -0.3 is 5.32 Å². The number of rotatable bonds is 8. The summed E-state index contributed by atoms with van der Waals surface area (Å²) in [6.07, 6.45) is 13.2. The van der Waals surface area contributed by atoms with Crippen molar-refractivity contribution in [2.75, 3.05) is 5.32 Å². The second-order valence-corrected chi connectivity index (χ2v) is 10.8. The van der Waals surface area contributed by atoms with Crippen LogP contribution in [0.4, 0.5) is 11.6 Å². The normalized spacial score (nSPS) is 16.0. The smallest absolute Gasteiger partial charge is 0.157 e. The number of nitrogens with one attached hydrogen (secondary N) is 3. The predicted molar refractivity (Wildman–Crippen MR) is 138 cm³/mol. The molecule has 1 unspecified atom stereocenters. The summed E-state index contributed by atoms with van der Waals surface area (Å²) in [6, 6.07) is 2.04. The number of aromatic nitrogens is 4. The minimum Gasteiger partial charge on any atom is -0.322 e. The maximum atomic E-state index is 5.77. The van der Waals surface area contributed by atoms with Crippen LogP contribution in [0.5, 0.6) is 0 Å². The lowest BCUT2D eigenvalue weighted by Gasteiger charge is -2.23. The Labute approximate surface area is 194 Å². The van der Waals surface area contributed by atoms with Gasteiger partial charge in [-0.15, -0.1) is 17.1 Å². The van der Waals surface area contributed by atoms with E-state index in [4.69, 9.17) is 16.4 Å². The second-order valence-electron chi connectivity index (χ2n) is 9.17. The molecule has 0 radical (unpaired) electrons. The molecule has 1 aliphatic carbocycles. The molecular formula is C25H34N6S. The van der Waals surface area contributed by atoms with Gasteiger partial charge in [-0.2, -0.15) is 5.10 Å². The molecule has 0 spiro atoms. The number of aryl methyl sites for hydroxylation is 1. The number of aromatic amines is 1. The third-order valence-corrected chi connectivity index (χ3v) is 6.87. The third kappa shape index (κ3) is 6.18. The molecule has 1 atom stereocenters. The number of hydrogen-bond acceptors (Lipinski definition) is 5. The number of terminal acetylenes is 1. The van der Waals surface area contributed by atoms with Crippen molar-refractivity contribution >= 4 is 33.7 Å². The van der Waals surface area contributed by atoms with Gasteiger partial charge in [0.1, 0.15) is 0 Å². The van der Waals surface area contributed by atoms with Gasteiger partial charge in [0.05, 0.1) is 11.3 Å². The minimum atomic E-state index is -0.271. The summed E-state index contributed by atoms with van der Waals surface area (Å²) in [4.78, 5) is 10.6. The topological polar surface area (TPSA) is 78.5 Å². The first-order chi connectivity index (χ1) is 15.1. The van der Waals surface area contributed by atoms with E-state index in [1.165, 1.54) is 17.7 Å². The van der Waals surface area contributed by atoms with Crippen LogP contribution in [-0.4, -0.2) is 31.6 Å². The highest BCUT2D eigenvalue weighted by Gasteiger charge is 2.25. The van der Waals surface area contributed by atoms with E-state index in [1.807, 2.05) is 13.0 Å². The molecule has 1 fully saturated rings. The highest BCUT2D eigenvalue weighted by molar-refractivity contribution is 8.15. The van der Waals surface area contributed by atoms with Crippen LogP contribution in [0.25, 0.3) is 5.57 Å². The van der Waals surface area contributed by atoms with Gasteiger partial charge in [0.15, 0.2) is 17.5 Å². The SMILES string of the molecule is C#Cc1c(C)nc(/C(=C/C=C(\C)S(=C)NC(C)(C)C)CC)nc1Nc1cc(C2CC2)[nH]n1. The Balaban J connectivity index is 1.89. The fraction of sp³-hybridized carbons (Fsp3) is 0.440. The van der Waals surface area contributed by atoms with E-state index in [0.29, 0.717) is 23.1 Å². The molecule has 1 saturated carbocycles. The molecule has 0 bridgehead atoms. The van der Waals surface area contributed by atoms with Gasteiger partial charge >= 0.3 is 0 Å². The van der Waals surface area contributed by atoms with Gasteiger partial charge in [-0.25, -0.2) is 9.97 Å². The highest BCUT2D eigenvalue weighted by atomic mass is 32.2. The van der Waals surface area contributed by atoms with E-state index in [0.717, 1.165) is 29.2 Å². The summed E-state index contributed by atoms with van der Waals surface area (Å²) in [5, 5.41) is 10.8. The monoisotopic (exact) mass is 450 g/mol. The molecule has 170 valence electrons. The zero-order valence-corrected chi connectivity index (χ0v) is 20.8. The van der Waals surface area contributed by atoms with E-state index < -0.39 is 0 Å². The molecule has 2 aromatic rings. The van der Waals surface area contributed by atoms with Crippen LogP contribution in [0.2, 0.25) is 0 Å². The van der Waals surface area contributed by atoms with Crippen molar-refractivity contribution in [1.29, 1.82) is 0 Å². The van der Waals surface area contributed by atoms with E-state index in [9.17, 15) is 0 Å². The first-order valence-corrected chi connectivity index (χ1v) is 12.4. The molecule has 32 heavy (non-hydrogen) atoms. The summed E-state index contributed by atoms with van der Waals surface area (Å²) in [5.74, 6) is 9.58. The average Bonchev–Trinajstić information content (AvgIpc) is 3.46. The van der Waals surface area contributed by atoms with Crippen LogP contribution in [0.15, 0.2) is 23.1 Å². The summed E-state index contributed by atoms with van der Waals surface area (Å²) in [7, 11) is -0.271. The van der Waals surface area contributed by atoms with Crippen LogP contribution in [0.1, 0.15) is 82.6 Å². The molecule has 0 aliphatic heterocycles. The van der Waals surface area contributed by atoms with Gasteiger partial charge in [0.25, 0.3) is 0 Å². The summed E-state index contributed by atoms with van der Waals surface area (Å²) in [6.45, 7) is 12.5. The van der Waals surface area contributed by atoms with E-state index in [2.05, 4.69) is 78.8 Å². The van der Waals surface area contributed by atoms with Crippen molar-refractivity contribution in [2.24, 2.45) is 0 Å². The molecular weight excluding hydrogens is 416 g/mol. The van der Waals surface area contributed by atoms with Gasteiger partial charge in [0, 0.05) is 23.2 Å². The second kappa shape index (κ2) is 9.85. The molecule has 0 aromatic carbocycles. The summed E-state index contributed by atoms with van der Waals surface area (Å²) in [5.41, 5.74) is 3.62. The van der Waals surface area contributed by atoms with Crippen LogP contribution < -0.4 is 10.0 Å². The molecule has 0 saturated heterocycles. The highest BCUT2D eigenvalue weighted by Crippen LogP contribution is 2.39. The Hall–Kier alpha value is -2.69. The van der Waals surface area contributed by atoms with E-state index in [-0.39, 0.29) is 16.2 Å². The van der Waals surface area contributed by atoms with E-state index in [1.54, 1.807) is 0 Å². The Morgan fingerprint density at radius 3 is 2.66 bits per heavy atom. The van der Waals surface area contributed by atoms with Crippen LogP contribution in [0.3, 0.4) is 0 Å². The molecule has 1 aliphatic rings. The first kappa shape index (κ1) is 24.0. The quantitative estimate of drug-likeness (QED) is 0.269. The number of anilines is 2. The molecule has 2 heterocycles. The molecule has 2 aromatic heterocycles. The van der Waals surface area contributed by atoms with Gasteiger partial charge in [0.2, 0.25) is 0 Å². The lowest BCUT2D eigenvalue weighted by atomic mass is 10.1. The molecule has 0 amide bonds.